The second kappa shape index (κ2) is 3.88. The Morgan fingerprint density at radius 2 is 2.00 bits per heavy atom. The lowest BCUT2D eigenvalue weighted by atomic mass is 10.2. The third-order valence-electron chi connectivity index (χ3n) is 2.28. The molecule has 0 heterocycles. The zero-order chi connectivity index (χ0) is 9.10. The molecule has 0 bridgehead atoms. The molecule has 1 aliphatic carbocycles. The van der Waals surface area contributed by atoms with Gasteiger partial charge >= 0.3 is 0 Å². The first kappa shape index (κ1) is 8.70. The second-order valence-electron chi connectivity index (χ2n) is 3.51. The van der Waals surface area contributed by atoms with Gasteiger partial charge in [0.15, 0.2) is 0 Å². The quantitative estimate of drug-likeness (QED) is 0.692. The highest BCUT2D eigenvalue weighted by Crippen LogP contribution is 2.33. The molecule has 1 aliphatic rings. The minimum atomic E-state index is -0.601. The van der Waals surface area contributed by atoms with Gasteiger partial charge in [-0.2, -0.15) is 0 Å². The normalized spacial score (nSPS) is 25.9. The van der Waals surface area contributed by atoms with Crippen LogP contribution in [-0.2, 0) is 11.3 Å². The van der Waals surface area contributed by atoms with Crippen LogP contribution >= 0.6 is 0 Å². The lowest BCUT2D eigenvalue weighted by Crippen LogP contribution is -1.98. The number of hydrogen-bond acceptors (Lipinski definition) is 1. The highest BCUT2D eigenvalue weighted by Gasteiger charge is 2.37. The molecule has 1 saturated carbocycles. The van der Waals surface area contributed by atoms with Gasteiger partial charge in [0.2, 0.25) is 0 Å². The molecule has 1 fully saturated rings. The lowest BCUT2D eigenvalue weighted by Gasteiger charge is -2.02. The van der Waals surface area contributed by atoms with E-state index < -0.39 is 6.17 Å². The van der Waals surface area contributed by atoms with Crippen molar-refractivity contribution in [3.8, 4) is 0 Å². The van der Waals surface area contributed by atoms with Gasteiger partial charge in [0.25, 0.3) is 0 Å². The molecular weight excluding hydrogens is 167 g/mol. The van der Waals surface area contributed by atoms with E-state index in [0.29, 0.717) is 19.6 Å². The van der Waals surface area contributed by atoms with Gasteiger partial charge in [0.1, 0.15) is 6.17 Å². The largest absolute Gasteiger partial charge is 0.376 e. The average molecular weight is 180 g/mol. The summed E-state index contributed by atoms with van der Waals surface area (Å²) < 4.78 is 17.8. The fourth-order valence-corrected chi connectivity index (χ4v) is 1.29. The molecule has 0 N–H and O–H groups in total. The topological polar surface area (TPSA) is 9.23 Å². The summed E-state index contributed by atoms with van der Waals surface area (Å²) in [5, 5.41) is 0. The van der Waals surface area contributed by atoms with Gasteiger partial charge in [-0.25, -0.2) is 4.39 Å². The summed E-state index contributed by atoms with van der Waals surface area (Å²) in [5.74, 6) is 0.170. The molecule has 0 saturated heterocycles. The van der Waals surface area contributed by atoms with Crippen LogP contribution < -0.4 is 0 Å². The monoisotopic (exact) mass is 180 g/mol. The van der Waals surface area contributed by atoms with E-state index in [9.17, 15) is 4.39 Å². The van der Waals surface area contributed by atoms with Gasteiger partial charge in [0, 0.05) is 5.92 Å². The van der Waals surface area contributed by atoms with Crippen molar-refractivity contribution in [1.82, 2.24) is 0 Å². The Labute approximate surface area is 77.5 Å². The zero-order valence-corrected chi connectivity index (χ0v) is 7.45. The first-order valence-electron chi connectivity index (χ1n) is 4.62. The summed E-state index contributed by atoms with van der Waals surface area (Å²) in [6, 6.07) is 9.96. The highest BCUT2D eigenvalue weighted by atomic mass is 19.1. The second-order valence-corrected chi connectivity index (χ2v) is 3.51. The summed E-state index contributed by atoms with van der Waals surface area (Å²) in [4.78, 5) is 0. The predicted octanol–water partition coefficient (Wildman–Crippen LogP) is 2.56. The van der Waals surface area contributed by atoms with Crippen LogP contribution in [0.15, 0.2) is 30.3 Å². The van der Waals surface area contributed by atoms with E-state index in [2.05, 4.69) is 0 Å². The van der Waals surface area contributed by atoms with Crippen LogP contribution in [0.4, 0.5) is 4.39 Å². The van der Waals surface area contributed by atoms with Crippen molar-refractivity contribution in [3.05, 3.63) is 35.9 Å². The maximum Gasteiger partial charge on any atom is 0.106 e. The predicted molar refractivity (Wildman–Crippen MR) is 49.1 cm³/mol. The van der Waals surface area contributed by atoms with Crippen molar-refractivity contribution < 1.29 is 9.13 Å². The summed E-state index contributed by atoms with van der Waals surface area (Å²) in [7, 11) is 0. The number of benzene rings is 1. The Bertz CT molecular complexity index is 260. The van der Waals surface area contributed by atoms with Crippen LogP contribution in [0.5, 0.6) is 0 Å². The molecule has 1 nitrogen and oxygen atoms in total. The Morgan fingerprint density at radius 3 is 2.62 bits per heavy atom. The SMILES string of the molecule is F[C@H]1C[C@H]1COCc1ccccc1. The van der Waals surface area contributed by atoms with E-state index in [0.717, 1.165) is 5.56 Å². The maximum absolute atomic E-state index is 12.4. The van der Waals surface area contributed by atoms with Crippen LogP contribution in [0.25, 0.3) is 0 Å². The van der Waals surface area contributed by atoms with Crippen LogP contribution in [0.2, 0.25) is 0 Å². The average Bonchev–Trinajstić information content (AvgIpc) is 2.84. The lowest BCUT2D eigenvalue weighted by molar-refractivity contribution is 0.105. The minimum absolute atomic E-state index is 0.170. The van der Waals surface area contributed by atoms with Crippen LogP contribution in [-0.4, -0.2) is 12.8 Å². The number of hydrogen-bond donors (Lipinski definition) is 0. The molecule has 0 unspecified atom stereocenters. The van der Waals surface area contributed by atoms with E-state index >= 15 is 0 Å². The maximum atomic E-state index is 12.4. The smallest absolute Gasteiger partial charge is 0.106 e. The number of rotatable bonds is 4. The van der Waals surface area contributed by atoms with Crippen molar-refractivity contribution in [3.63, 3.8) is 0 Å². The molecule has 1 aromatic rings. The van der Waals surface area contributed by atoms with E-state index in [1.54, 1.807) is 0 Å². The first-order valence-corrected chi connectivity index (χ1v) is 4.62. The molecule has 0 aromatic heterocycles. The number of alkyl halides is 1. The van der Waals surface area contributed by atoms with Gasteiger partial charge in [0.05, 0.1) is 13.2 Å². The fourth-order valence-electron chi connectivity index (χ4n) is 1.29. The van der Waals surface area contributed by atoms with Crippen molar-refractivity contribution in [2.75, 3.05) is 6.61 Å². The van der Waals surface area contributed by atoms with Crippen molar-refractivity contribution in [2.45, 2.75) is 19.2 Å². The summed E-state index contributed by atoms with van der Waals surface area (Å²) >= 11 is 0. The molecule has 1 aromatic carbocycles. The van der Waals surface area contributed by atoms with Gasteiger partial charge < -0.3 is 4.74 Å². The minimum Gasteiger partial charge on any atom is -0.376 e. The fraction of sp³-hybridized carbons (Fsp3) is 0.455. The first-order chi connectivity index (χ1) is 6.36. The van der Waals surface area contributed by atoms with Crippen molar-refractivity contribution in [2.24, 2.45) is 5.92 Å². The van der Waals surface area contributed by atoms with Gasteiger partial charge in [-0.1, -0.05) is 30.3 Å². The molecule has 2 heteroatoms. The third-order valence-corrected chi connectivity index (χ3v) is 2.28. The Kier molecular flexibility index (Phi) is 2.60. The molecule has 0 aliphatic heterocycles. The molecule has 2 rings (SSSR count). The van der Waals surface area contributed by atoms with E-state index in [1.807, 2.05) is 30.3 Å². The van der Waals surface area contributed by atoms with Gasteiger partial charge in [-0.05, 0) is 12.0 Å². The molecular formula is C11H13FO. The van der Waals surface area contributed by atoms with Crippen LogP contribution in [0.1, 0.15) is 12.0 Å². The van der Waals surface area contributed by atoms with Crippen molar-refractivity contribution in [1.29, 1.82) is 0 Å². The number of halogens is 1. The van der Waals surface area contributed by atoms with Gasteiger partial charge in [-0.3, -0.25) is 0 Å². The third kappa shape index (κ3) is 2.52. The summed E-state index contributed by atoms with van der Waals surface area (Å²) in [6.07, 6.45) is 0.0881. The van der Waals surface area contributed by atoms with Crippen LogP contribution in [0.3, 0.4) is 0 Å². The molecule has 0 spiro atoms. The standard InChI is InChI=1S/C11H13FO/c12-11-6-10(11)8-13-7-9-4-2-1-3-5-9/h1-5,10-11H,6-8H2/t10-,11-/m0/s1. The summed E-state index contributed by atoms with van der Waals surface area (Å²) in [5.41, 5.74) is 1.15. The zero-order valence-electron chi connectivity index (χ0n) is 7.45. The number of ether oxygens (including phenoxy) is 1. The molecule has 13 heavy (non-hydrogen) atoms. The summed E-state index contributed by atoms with van der Waals surface area (Å²) in [6.45, 7) is 1.17. The highest BCUT2D eigenvalue weighted by molar-refractivity contribution is 5.13. The molecule has 0 amide bonds. The van der Waals surface area contributed by atoms with E-state index in [4.69, 9.17) is 4.74 Å². The van der Waals surface area contributed by atoms with E-state index in [-0.39, 0.29) is 5.92 Å². The Hall–Kier alpha value is -0.890. The van der Waals surface area contributed by atoms with E-state index in [1.165, 1.54) is 0 Å². The van der Waals surface area contributed by atoms with Crippen LogP contribution in [0, 0.1) is 5.92 Å². The molecule has 2 atom stereocenters. The Morgan fingerprint density at radius 1 is 1.31 bits per heavy atom. The molecule has 70 valence electrons. The molecule has 0 radical (unpaired) electrons. The Balaban J connectivity index is 1.68. The van der Waals surface area contributed by atoms with Crippen molar-refractivity contribution >= 4 is 0 Å². The van der Waals surface area contributed by atoms with Gasteiger partial charge in [-0.15, -0.1) is 0 Å².